The van der Waals surface area contributed by atoms with E-state index in [4.69, 9.17) is 9.15 Å². The predicted octanol–water partition coefficient (Wildman–Crippen LogP) is 4.90. The van der Waals surface area contributed by atoms with Crippen molar-refractivity contribution in [3.63, 3.8) is 0 Å². The van der Waals surface area contributed by atoms with E-state index in [1.54, 1.807) is 33.2 Å². The maximum Gasteiger partial charge on any atom is 0.410 e. The number of carbonyl (C=O) groups is 2. The highest BCUT2D eigenvalue weighted by Gasteiger charge is 2.20. The summed E-state index contributed by atoms with van der Waals surface area (Å²) in [6.07, 6.45) is 5.02. The third-order valence-electron chi connectivity index (χ3n) is 5.15. The van der Waals surface area contributed by atoms with Crippen LogP contribution in [0.15, 0.2) is 41.1 Å². The van der Waals surface area contributed by atoms with Crippen molar-refractivity contribution >= 4 is 40.4 Å². The molecule has 0 aliphatic heterocycles. The van der Waals surface area contributed by atoms with Gasteiger partial charge in [-0.05, 0) is 57.9 Å². The molecule has 10 heteroatoms. The van der Waals surface area contributed by atoms with Crippen LogP contribution in [-0.4, -0.2) is 59.2 Å². The van der Waals surface area contributed by atoms with E-state index in [0.717, 1.165) is 29.6 Å². The monoisotopic (exact) mass is 520 g/mol. The van der Waals surface area contributed by atoms with E-state index >= 15 is 0 Å². The molecule has 0 spiro atoms. The van der Waals surface area contributed by atoms with Crippen LogP contribution < -0.4 is 16.0 Å². The standard InChI is InChI=1S/C28H36N6O4/c1-6-14-30-25-21(18-31-26(33-25)32-22-11-12-23-20(17-22)13-16-37-23)10-8-7-9-15-29-24(35)19-34(5)27(36)38-28(2,3)4/h11-13,16-18H,6-7,9,14-15,19H2,1-5H3,(H,29,35)(H2,30,31,32,33). The minimum atomic E-state index is -0.607. The summed E-state index contributed by atoms with van der Waals surface area (Å²) in [5, 5.41) is 10.3. The van der Waals surface area contributed by atoms with Crippen LogP contribution in [0.4, 0.5) is 22.2 Å². The van der Waals surface area contributed by atoms with Gasteiger partial charge < -0.3 is 30.0 Å². The Kier molecular flexibility index (Phi) is 9.93. The summed E-state index contributed by atoms with van der Waals surface area (Å²) in [6.45, 7) is 8.57. The van der Waals surface area contributed by atoms with Crippen molar-refractivity contribution in [1.29, 1.82) is 0 Å². The lowest BCUT2D eigenvalue weighted by molar-refractivity contribution is -0.122. The molecule has 0 unspecified atom stereocenters. The van der Waals surface area contributed by atoms with Gasteiger partial charge >= 0.3 is 6.09 Å². The number of fused-ring (bicyclic) bond motifs is 1. The molecule has 2 aromatic heterocycles. The van der Waals surface area contributed by atoms with Gasteiger partial charge in [-0.25, -0.2) is 9.78 Å². The molecule has 3 N–H and O–H groups in total. The molecular weight excluding hydrogens is 484 g/mol. The first-order chi connectivity index (χ1) is 18.1. The molecule has 3 rings (SSSR count). The van der Waals surface area contributed by atoms with Crippen LogP contribution in [0, 0.1) is 11.8 Å². The van der Waals surface area contributed by atoms with Crippen molar-refractivity contribution in [1.82, 2.24) is 20.2 Å². The topological polar surface area (TPSA) is 122 Å². The van der Waals surface area contributed by atoms with Gasteiger partial charge in [-0.3, -0.25) is 4.79 Å². The Morgan fingerprint density at radius 2 is 2.00 bits per heavy atom. The number of nitrogens with one attached hydrogen (secondary N) is 3. The molecule has 38 heavy (non-hydrogen) atoms. The van der Waals surface area contributed by atoms with E-state index in [0.29, 0.717) is 36.7 Å². The number of benzene rings is 1. The smallest absolute Gasteiger partial charge is 0.410 e. The maximum atomic E-state index is 12.1. The molecule has 0 aliphatic rings. The molecule has 2 amide bonds. The fourth-order valence-electron chi connectivity index (χ4n) is 3.32. The van der Waals surface area contributed by atoms with Gasteiger partial charge in [0.2, 0.25) is 11.9 Å². The SMILES string of the molecule is CCCNc1nc(Nc2ccc3occc3c2)ncc1C#CCCCNC(=O)CN(C)C(=O)OC(C)(C)C. The quantitative estimate of drug-likeness (QED) is 0.255. The number of amides is 2. The van der Waals surface area contributed by atoms with E-state index in [1.165, 1.54) is 11.9 Å². The van der Waals surface area contributed by atoms with Gasteiger partial charge in [-0.2, -0.15) is 4.98 Å². The second-order valence-corrected chi connectivity index (χ2v) is 9.77. The largest absolute Gasteiger partial charge is 0.464 e. The first-order valence-corrected chi connectivity index (χ1v) is 12.7. The van der Waals surface area contributed by atoms with Gasteiger partial charge in [0.05, 0.1) is 18.0 Å². The van der Waals surface area contributed by atoms with Gasteiger partial charge in [-0.1, -0.05) is 18.8 Å². The third kappa shape index (κ3) is 9.00. The normalized spacial score (nSPS) is 10.9. The van der Waals surface area contributed by atoms with Gasteiger partial charge in [0.1, 0.15) is 23.5 Å². The molecule has 2 heterocycles. The summed E-state index contributed by atoms with van der Waals surface area (Å²) in [6, 6.07) is 7.69. The van der Waals surface area contributed by atoms with E-state index in [2.05, 4.69) is 44.7 Å². The van der Waals surface area contributed by atoms with E-state index in [-0.39, 0.29) is 12.5 Å². The summed E-state index contributed by atoms with van der Waals surface area (Å²) in [4.78, 5) is 34.4. The van der Waals surface area contributed by atoms with Crippen LogP contribution in [-0.2, 0) is 9.53 Å². The van der Waals surface area contributed by atoms with Crippen molar-refractivity contribution in [2.75, 3.05) is 37.3 Å². The average Bonchev–Trinajstić information content (AvgIpc) is 3.32. The highest BCUT2D eigenvalue weighted by molar-refractivity contribution is 5.82. The third-order valence-corrected chi connectivity index (χ3v) is 5.15. The fourth-order valence-corrected chi connectivity index (χ4v) is 3.32. The average molecular weight is 521 g/mol. The van der Waals surface area contributed by atoms with E-state index < -0.39 is 11.7 Å². The van der Waals surface area contributed by atoms with Crippen molar-refractivity contribution in [3.05, 3.63) is 42.3 Å². The molecule has 202 valence electrons. The fraction of sp³-hybridized carbons (Fsp3) is 0.429. The number of ether oxygens (including phenoxy) is 1. The highest BCUT2D eigenvalue weighted by atomic mass is 16.6. The predicted molar refractivity (Wildman–Crippen MR) is 148 cm³/mol. The molecule has 0 saturated carbocycles. The molecule has 0 radical (unpaired) electrons. The summed E-state index contributed by atoms with van der Waals surface area (Å²) >= 11 is 0. The highest BCUT2D eigenvalue weighted by Crippen LogP contribution is 2.23. The zero-order chi connectivity index (χ0) is 27.5. The summed E-state index contributed by atoms with van der Waals surface area (Å²) < 4.78 is 10.6. The molecule has 0 bridgehead atoms. The number of unbranched alkanes of at least 4 members (excludes halogenated alkanes) is 1. The number of carbonyl (C=O) groups excluding carboxylic acids is 2. The van der Waals surface area contributed by atoms with Gasteiger partial charge in [0.15, 0.2) is 0 Å². The lowest BCUT2D eigenvalue weighted by Crippen LogP contribution is -2.41. The molecular formula is C28H36N6O4. The number of nitrogens with zero attached hydrogens (tertiary/aromatic N) is 3. The van der Waals surface area contributed by atoms with Crippen molar-refractivity contribution in [2.45, 2.75) is 52.6 Å². The molecule has 0 fully saturated rings. The number of aromatic nitrogens is 2. The van der Waals surface area contributed by atoms with Crippen LogP contribution in [0.25, 0.3) is 11.0 Å². The van der Waals surface area contributed by atoms with Crippen LogP contribution >= 0.6 is 0 Å². The van der Waals surface area contributed by atoms with Gasteiger partial charge in [0, 0.05) is 37.6 Å². The lowest BCUT2D eigenvalue weighted by Gasteiger charge is -2.24. The molecule has 0 saturated heterocycles. The van der Waals surface area contributed by atoms with Crippen LogP contribution in [0.5, 0.6) is 0 Å². The number of likely N-dealkylation sites (N-methyl/N-ethyl adjacent to an activating group) is 1. The Morgan fingerprint density at radius 3 is 2.76 bits per heavy atom. The molecule has 0 aliphatic carbocycles. The molecule has 10 nitrogen and oxygen atoms in total. The number of anilines is 3. The molecule has 3 aromatic rings. The van der Waals surface area contributed by atoms with Crippen LogP contribution in [0.3, 0.4) is 0 Å². The van der Waals surface area contributed by atoms with Gasteiger partial charge in [-0.15, -0.1) is 0 Å². The Morgan fingerprint density at radius 1 is 1.18 bits per heavy atom. The first-order valence-electron chi connectivity index (χ1n) is 12.7. The zero-order valence-electron chi connectivity index (χ0n) is 22.7. The second-order valence-electron chi connectivity index (χ2n) is 9.77. The van der Waals surface area contributed by atoms with E-state index in [1.807, 2.05) is 24.3 Å². The van der Waals surface area contributed by atoms with E-state index in [9.17, 15) is 9.59 Å². The Bertz CT molecular complexity index is 1300. The molecule has 1 aromatic carbocycles. The number of hydrogen-bond donors (Lipinski definition) is 3. The zero-order valence-corrected chi connectivity index (χ0v) is 22.7. The maximum absolute atomic E-state index is 12.1. The number of hydrogen-bond acceptors (Lipinski definition) is 8. The van der Waals surface area contributed by atoms with Crippen LogP contribution in [0.1, 0.15) is 52.5 Å². The molecule has 0 atom stereocenters. The number of furan rings is 1. The summed E-state index contributed by atoms with van der Waals surface area (Å²) in [7, 11) is 1.53. The van der Waals surface area contributed by atoms with Crippen molar-refractivity contribution in [2.24, 2.45) is 0 Å². The second kappa shape index (κ2) is 13.3. The Hall–Kier alpha value is -4.26. The lowest BCUT2D eigenvalue weighted by atomic mass is 10.2. The van der Waals surface area contributed by atoms with Crippen molar-refractivity contribution < 1.29 is 18.7 Å². The summed E-state index contributed by atoms with van der Waals surface area (Å²) in [5.74, 6) is 7.14. The van der Waals surface area contributed by atoms with Crippen molar-refractivity contribution in [3.8, 4) is 11.8 Å². The first kappa shape index (κ1) is 28.3. The Labute approximate surface area is 223 Å². The van der Waals surface area contributed by atoms with Gasteiger partial charge in [0.25, 0.3) is 0 Å². The minimum Gasteiger partial charge on any atom is -0.464 e. The minimum absolute atomic E-state index is 0.0687. The van der Waals surface area contributed by atoms with Crippen LogP contribution in [0.2, 0.25) is 0 Å². The number of rotatable bonds is 10. The summed E-state index contributed by atoms with van der Waals surface area (Å²) in [5.41, 5.74) is 1.78. The Balaban J connectivity index is 1.50.